The molecule has 98 valence electrons. The second kappa shape index (κ2) is 5.95. The quantitative estimate of drug-likeness (QED) is 0.809. The summed E-state index contributed by atoms with van der Waals surface area (Å²) in [5, 5.41) is 6.30. The molecule has 2 rings (SSSR count). The van der Waals surface area contributed by atoms with Gasteiger partial charge in [-0.15, -0.1) is 0 Å². The van der Waals surface area contributed by atoms with E-state index in [9.17, 15) is 4.79 Å². The highest BCUT2D eigenvalue weighted by Crippen LogP contribution is 2.25. The highest BCUT2D eigenvalue weighted by molar-refractivity contribution is 6.35. The number of hydrogen-bond donors (Lipinski definition) is 2. The van der Waals surface area contributed by atoms with Gasteiger partial charge in [-0.25, -0.2) is 4.79 Å². The first-order valence-corrected chi connectivity index (χ1v) is 6.40. The lowest BCUT2D eigenvalue weighted by atomic mass is 10.2. The molecule has 0 aromatic heterocycles. The van der Waals surface area contributed by atoms with E-state index >= 15 is 0 Å². The van der Waals surface area contributed by atoms with Crippen LogP contribution in [0.1, 0.15) is 5.56 Å². The molecule has 0 bridgehead atoms. The lowest BCUT2D eigenvalue weighted by Gasteiger charge is -2.09. The molecular weight excluding hydrogens is 283 g/mol. The van der Waals surface area contributed by atoms with Gasteiger partial charge >= 0.3 is 6.03 Å². The van der Waals surface area contributed by atoms with Crippen molar-refractivity contribution >= 4 is 40.6 Å². The average Bonchev–Trinajstić information content (AvgIpc) is 2.37. The Balaban J connectivity index is 2.05. The Morgan fingerprint density at radius 3 is 2.37 bits per heavy atom. The molecule has 0 saturated heterocycles. The summed E-state index contributed by atoms with van der Waals surface area (Å²) in [5.41, 5.74) is 2.31. The first-order valence-electron chi connectivity index (χ1n) is 5.64. The third kappa shape index (κ3) is 3.88. The summed E-state index contributed by atoms with van der Waals surface area (Å²) in [4.78, 5) is 11.8. The van der Waals surface area contributed by atoms with Gasteiger partial charge in [0.15, 0.2) is 0 Å². The SMILES string of the molecule is Cc1ccc(NC(=O)Nc2cc(Cl)ccc2Cl)cc1. The standard InChI is InChI=1S/C14H12Cl2N2O/c1-9-2-5-11(6-3-9)17-14(19)18-13-8-10(15)4-7-12(13)16/h2-8H,1H3,(H2,17,18,19). The van der Waals surface area contributed by atoms with Gasteiger partial charge in [0.2, 0.25) is 0 Å². The number of amides is 2. The van der Waals surface area contributed by atoms with Gasteiger partial charge < -0.3 is 10.6 Å². The average molecular weight is 295 g/mol. The van der Waals surface area contributed by atoms with Crippen molar-refractivity contribution < 1.29 is 4.79 Å². The van der Waals surface area contributed by atoms with E-state index in [4.69, 9.17) is 23.2 Å². The molecule has 0 spiro atoms. The Kier molecular flexibility index (Phi) is 4.30. The van der Waals surface area contributed by atoms with Gasteiger partial charge in [0, 0.05) is 10.7 Å². The smallest absolute Gasteiger partial charge is 0.308 e. The minimum Gasteiger partial charge on any atom is -0.308 e. The molecule has 2 N–H and O–H groups in total. The van der Waals surface area contributed by atoms with E-state index in [2.05, 4.69) is 10.6 Å². The number of hydrogen-bond acceptors (Lipinski definition) is 1. The summed E-state index contributed by atoms with van der Waals surface area (Å²) in [6.07, 6.45) is 0. The third-order valence-corrected chi connectivity index (χ3v) is 3.05. The summed E-state index contributed by atoms with van der Waals surface area (Å²) in [6, 6.07) is 12.0. The van der Waals surface area contributed by atoms with Crippen molar-refractivity contribution in [3.63, 3.8) is 0 Å². The van der Waals surface area contributed by atoms with E-state index in [0.717, 1.165) is 5.56 Å². The molecule has 0 aliphatic rings. The maximum atomic E-state index is 11.8. The topological polar surface area (TPSA) is 41.1 Å². The van der Waals surface area contributed by atoms with Crippen LogP contribution in [0.3, 0.4) is 0 Å². The summed E-state index contributed by atoms with van der Waals surface area (Å²) in [5.74, 6) is 0. The molecule has 3 nitrogen and oxygen atoms in total. The number of benzene rings is 2. The van der Waals surface area contributed by atoms with E-state index in [1.54, 1.807) is 18.2 Å². The van der Waals surface area contributed by atoms with Crippen molar-refractivity contribution in [2.75, 3.05) is 10.6 Å². The van der Waals surface area contributed by atoms with Crippen molar-refractivity contribution in [2.24, 2.45) is 0 Å². The Labute approximate surface area is 121 Å². The molecule has 0 heterocycles. The van der Waals surface area contributed by atoms with E-state index in [0.29, 0.717) is 21.4 Å². The van der Waals surface area contributed by atoms with Gasteiger partial charge in [0.25, 0.3) is 0 Å². The largest absolute Gasteiger partial charge is 0.323 e. The first kappa shape index (κ1) is 13.7. The molecule has 2 amide bonds. The molecule has 2 aromatic rings. The van der Waals surface area contributed by atoms with Crippen LogP contribution in [0.25, 0.3) is 0 Å². The number of halogens is 2. The molecule has 2 aromatic carbocycles. The second-order valence-corrected chi connectivity index (χ2v) is 4.91. The van der Waals surface area contributed by atoms with Crippen molar-refractivity contribution in [3.8, 4) is 0 Å². The van der Waals surface area contributed by atoms with Gasteiger partial charge in [-0.3, -0.25) is 0 Å². The van der Waals surface area contributed by atoms with Crippen LogP contribution in [0.4, 0.5) is 16.2 Å². The molecule has 5 heteroatoms. The van der Waals surface area contributed by atoms with Crippen LogP contribution in [0.2, 0.25) is 10.0 Å². The van der Waals surface area contributed by atoms with Crippen molar-refractivity contribution in [3.05, 3.63) is 58.1 Å². The number of aryl methyl sites for hydroxylation is 1. The molecule has 0 fully saturated rings. The normalized spacial score (nSPS) is 10.1. The third-order valence-electron chi connectivity index (χ3n) is 2.49. The molecule has 0 saturated carbocycles. The van der Waals surface area contributed by atoms with Gasteiger partial charge in [-0.2, -0.15) is 0 Å². The monoisotopic (exact) mass is 294 g/mol. The Hall–Kier alpha value is -1.71. The van der Waals surface area contributed by atoms with Crippen molar-refractivity contribution in [1.82, 2.24) is 0 Å². The lowest BCUT2D eigenvalue weighted by Crippen LogP contribution is -2.19. The highest BCUT2D eigenvalue weighted by atomic mass is 35.5. The maximum absolute atomic E-state index is 11.8. The van der Waals surface area contributed by atoms with E-state index in [-0.39, 0.29) is 6.03 Å². The maximum Gasteiger partial charge on any atom is 0.323 e. The van der Waals surface area contributed by atoms with Gasteiger partial charge in [0.1, 0.15) is 0 Å². The number of carbonyl (C=O) groups excluding carboxylic acids is 1. The predicted octanol–water partition coefficient (Wildman–Crippen LogP) is 4.95. The zero-order chi connectivity index (χ0) is 13.8. The summed E-state index contributed by atoms with van der Waals surface area (Å²) in [7, 11) is 0. The zero-order valence-electron chi connectivity index (χ0n) is 10.2. The second-order valence-electron chi connectivity index (χ2n) is 4.07. The van der Waals surface area contributed by atoms with Crippen LogP contribution in [-0.2, 0) is 0 Å². The van der Waals surface area contributed by atoms with Crippen LogP contribution in [0.5, 0.6) is 0 Å². The Bertz CT molecular complexity index is 597. The molecule has 0 atom stereocenters. The zero-order valence-corrected chi connectivity index (χ0v) is 11.7. The van der Waals surface area contributed by atoms with Gasteiger partial charge in [-0.05, 0) is 37.3 Å². The minimum atomic E-state index is -0.368. The number of urea groups is 1. The van der Waals surface area contributed by atoms with Gasteiger partial charge in [-0.1, -0.05) is 40.9 Å². The first-order chi connectivity index (χ1) is 9.04. The fourth-order valence-corrected chi connectivity index (χ4v) is 1.85. The predicted molar refractivity (Wildman–Crippen MR) is 80.3 cm³/mol. The molecular formula is C14H12Cl2N2O. The lowest BCUT2D eigenvalue weighted by molar-refractivity contribution is 0.262. The molecule has 0 aliphatic carbocycles. The number of rotatable bonds is 2. The van der Waals surface area contributed by atoms with E-state index in [1.807, 2.05) is 31.2 Å². The molecule has 0 radical (unpaired) electrons. The van der Waals surface area contributed by atoms with Crippen molar-refractivity contribution in [1.29, 1.82) is 0 Å². The van der Waals surface area contributed by atoms with Crippen molar-refractivity contribution in [2.45, 2.75) is 6.92 Å². The van der Waals surface area contributed by atoms with Crippen LogP contribution in [-0.4, -0.2) is 6.03 Å². The Morgan fingerprint density at radius 1 is 1.00 bits per heavy atom. The molecule has 0 unspecified atom stereocenters. The molecule has 19 heavy (non-hydrogen) atoms. The van der Waals surface area contributed by atoms with Crippen LogP contribution < -0.4 is 10.6 Å². The van der Waals surface area contributed by atoms with Gasteiger partial charge in [0.05, 0.1) is 10.7 Å². The summed E-state index contributed by atoms with van der Waals surface area (Å²) >= 11 is 11.8. The number of anilines is 2. The highest BCUT2D eigenvalue weighted by Gasteiger charge is 2.06. The van der Waals surface area contributed by atoms with Crippen LogP contribution in [0.15, 0.2) is 42.5 Å². The fourth-order valence-electron chi connectivity index (χ4n) is 1.51. The number of nitrogens with one attached hydrogen (secondary N) is 2. The molecule has 0 aliphatic heterocycles. The fraction of sp³-hybridized carbons (Fsp3) is 0.0714. The Morgan fingerprint density at radius 2 is 1.68 bits per heavy atom. The summed E-state index contributed by atoms with van der Waals surface area (Å²) < 4.78 is 0. The van der Waals surface area contributed by atoms with Crippen LogP contribution in [0, 0.1) is 6.92 Å². The minimum absolute atomic E-state index is 0.368. The van der Waals surface area contributed by atoms with E-state index in [1.165, 1.54) is 0 Å². The van der Waals surface area contributed by atoms with E-state index < -0.39 is 0 Å². The van der Waals surface area contributed by atoms with Crippen LogP contribution >= 0.6 is 23.2 Å². The summed E-state index contributed by atoms with van der Waals surface area (Å²) in [6.45, 7) is 1.98. The number of carbonyl (C=O) groups is 1.